The highest BCUT2D eigenvalue weighted by Gasteiger charge is 2.29. The number of methoxy groups -OCH3 is 1. The normalized spacial score (nSPS) is 15.2. The van der Waals surface area contributed by atoms with Crippen LogP contribution in [-0.2, 0) is 4.79 Å². The highest BCUT2D eigenvalue weighted by molar-refractivity contribution is 6.36. The molecule has 1 aliphatic heterocycles. The third-order valence-electron chi connectivity index (χ3n) is 5.35. The zero-order valence-electron chi connectivity index (χ0n) is 17.5. The molecule has 1 fully saturated rings. The van der Waals surface area contributed by atoms with Crippen molar-refractivity contribution in [2.24, 2.45) is 0 Å². The molecule has 0 aromatic heterocycles. The smallest absolute Gasteiger partial charge is 0.296 e. The quantitative estimate of drug-likeness (QED) is 0.499. The van der Waals surface area contributed by atoms with E-state index in [2.05, 4.69) is 5.32 Å². The van der Waals surface area contributed by atoms with E-state index < -0.39 is 11.0 Å². The van der Waals surface area contributed by atoms with Crippen molar-refractivity contribution in [1.29, 1.82) is 0 Å². The lowest BCUT2D eigenvalue weighted by molar-refractivity contribution is -0.384. The number of rotatable bonds is 6. The van der Waals surface area contributed by atoms with Crippen LogP contribution in [0.4, 0.5) is 11.4 Å². The highest BCUT2D eigenvalue weighted by atomic mass is 35.5. The average molecular weight is 481 g/mol. The number of amides is 2. The van der Waals surface area contributed by atoms with Crippen molar-refractivity contribution in [3.8, 4) is 5.75 Å². The molecule has 11 heteroatoms. The van der Waals surface area contributed by atoms with Crippen LogP contribution < -0.4 is 10.1 Å². The lowest BCUT2D eigenvalue weighted by atomic mass is 10.1. The van der Waals surface area contributed by atoms with E-state index in [-0.39, 0.29) is 23.2 Å². The van der Waals surface area contributed by atoms with Gasteiger partial charge in [0, 0.05) is 31.2 Å². The van der Waals surface area contributed by atoms with Gasteiger partial charge in [0.15, 0.2) is 0 Å². The van der Waals surface area contributed by atoms with Crippen LogP contribution in [0, 0.1) is 10.1 Å². The summed E-state index contributed by atoms with van der Waals surface area (Å²) < 4.78 is 5.01. The van der Waals surface area contributed by atoms with Crippen LogP contribution in [0.2, 0.25) is 10.0 Å². The van der Waals surface area contributed by atoms with Gasteiger partial charge in [0.2, 0.25) is 5.91 Å². The van der Waals surface area contributed by atoms with Gasteiger partial charge in [-0.2, -0.15) is 0 Å². The second-order valence-electron chi connectivity index (χ2n) is 7.26. The fourth-order valence-corrected chi connectivity index (χ4v) is 3.93. The number of nitrogens with zero attached hydrogens (tertiary/aromatic N) is 3. The second-order valence-corrected chi connectivity index (χ2v) is 8.10. The minimum atomic E-state index is -0.574. The summed E-state index contributed by atoms with van der Waals surface area (Å²) in [5.74, 6) is -0.250. The Morgan fingerprint density at radius 3 is 2.41 bits per heavy atom. The summed E-state index contributed by atoms with van der Waals surface area (Å²) in [7, 11) is 1.41. The molecular weight excluding hydrogens is 459 g/mol. The SMILES string of the molecule is COc1ccc(NC(=O)C(C)N2CCN(C(=O)c3ccc(Cl)cc3Cl)CC2)c([N+](=O)[O-])c1. The van der Waals surface area contributed by atoms with Crippen LogP contribution in [-0.4, -0.2) is 65.9 Å². The molecule has 0 aliphatic carbocycles. The molecule has 2 aromatic carbocycles. The molecule has 3 rings (SSSR count). The Hall–Kier alpha value is -2.88. The van der Waals surface area contributed by atoms with Crippen LogP contribution in [0.25, 0.3) is 0 Å². The number of halogens is 2. The van der Waals surface area contributed by atoms with Crippen LogP contribution >= 0.6 is 23.2 Å². The second kappa shape index (κ2) is 10.2. The zero-order valence-corrected chi connectivity index (χ0v) is 19.0. The summed E-state index contributed by atoms with van der Waals surface area (Å²) >= 11 is 12.0. The first-order chi connectivity index (χ1) is 15.2. The van der Waals surface area contributed by atoms with Crippen LogP contribution in [0.3, 0.4) is 0 Å². The van der Waals surface area contributed by atoms with Crippen LogP contribution in [0.5, 0.6) is 5.75 Å². The third-order valence-corrected chi connectivity index (χ3v) is 5.90. The number of hydrogen-bond donors (Lipinski definition) is 1. The van der Waals surface area contributed by atoms with Crippen molar-refractivity contribution in [3.63, 3.8) is 0 Å². The number of ether oxygens (including phenoxy) is 1. The largest absolute Gasteiger partial charge is 0.496 e. The Kier molecular flexibility index (Phi) is 7.55. The maximum Gasteiger partial charge on any atom is 0.296 e. The molecule has 1 N–H and O–H groups in total. The number of piperazine rings is 1. The number of anilines is 1. The molecule has 1 atom stereocenters. The van der Waals surface area contributed by atoms with Crippen LogP contribution in [0.1, 0.15) is 17.3 Å². The molecule has 9 nitrogen and oxygen atoms in total. The topological polar surface area (TPSA) is 105 Å². The molecule has 170 valence electrons. The minimum Gasteiger partial charge on any atom is -0.496 e. The Morgan fingerprint density at radius 2 is 1.81 bits per heavy atom. The summed E-state index contributed by atoms with van der Waals surface area (Å²) in [4.78, 5) is 39.8. The maximum absolute atomic E-state index is 12.8. The van der Waals surface area contributed by atoms with Crippen molar-refractivity contribution in [3.05, 3.63) is 62.1 Å². The summed E-state index contributed by atoms with van der Waals surface area (Å²) in [6.07, 6.45) is 0. The molecule has 0 saturated carbocycles. The summed E-state index contributed by atoms with van der Waals surface area (Å²) in [6.45, 7) is 3.49. The van der Waals surface area contributed by atoms with E-state index in [4.69, 9.17) is 27.9 Å². The van der Waals surface area contributed by atoms with Gasteiger partial charge >= 0.3 is 0 Å². The van der Waals surface area contributed by atoms with Crippen molar-refractivity contribution in [2.75, 3.05) is 38.6 Å². The Bertz CT molecular complexity index is 1040. The summed E-state index contributed by atoms with van der Waals surface area (Å²) in [5.41, 5.74) is 0.223. The molecule has 0 bridgehead atoms. The number of nitro groups is 1. The van der Waals surface area contributed by atoms with Gasteiger partial charge in [-0.1, -0.05) is 23.2 Å². The molecule has 32 heavy (non-hydrogen) atoms. The van der Waals surface area contributed by atoms with Crippen LogP contribution in [0.15, 0.2) is 36.4 Å². The maximum atomic E-state index is 12.8. The number of carbonyl (C=O) groups excluding carboxylic acids is 2. The van der Waals surface area contributed by atoms with Gasteiger partial charge in [-0.25, -0.2) is 0 Å². The van der Waals surface area contributed by atoms with E-state index in [1.165, 1.54) is 25.3 Å². The molecule has 0 radical (unpaired) electrons. The first-order valence-corrected chi connectivity index (χ1v) is 10.6. The average Bonchev–Trinajstić information content (AvgIpc) is 2.78. The molecule has 2 aromatic rings. The molecule has 1 aliphatic rings. The van der Waals surface area contributed by atoms with E-state index in [0.717, 1.165) is 0 Å². The monoisotopic (exact) mass is 480 g/mol. The molecule has 1 heterocycles. The standard InChI is InChI=1S/C21H22Cl2N4O5/c1-13(20(28)24-18-6-4-15(32-2)12-19(18)27(30)31)25-7-9-26(10-8-25)21(29)16-5-3-14(22)11-17(16)23/h3-6,11-13H,7-10H2,1-2H3,(H,24,28). The van der Waals surface area contributed by atoms with Gasteiger partial charge in [-0.3, -0.25) is 24.6 Å². The predicted octanol–water partition coefficient (Wildman–Crippen LogP) is 3.70. The van der Waals surface area contributed by atoms with Gasteiger partial charge in [0.05, 0.1) is 34.7 Å². The number of carbonyl (C=O) groups is 2. The number of nitrogens with one attached hydrogen (secondary N) is 1. The Labute approximate surface area is 195 Å². The third kappa shape index (κ3) is 5.29. The molecule has 1 unspecified atom stereocenters. The molecule has 2 amide bonds. The minimum absolute atomic E-state index is 0.0962. The van der Waals surface area contributed by atoms with Crippen molar-refractivity contribution in [1.82, 2.24) is 9.80 Å². The van der Waals surface area contributed by atoms with E-state index in [1.807, 2.05) is 4.90 Å². The van der Waals surface area contributed by atoms with E-state index in [9.17, 15) is 19.7 Å². The fourth-order valence-electron chi connectivity index (χ4n) is 3.44. The van der Waals surface area contributed by atoms with Gasteiger partial charge in [-0.05, 0) is 37.3 Å². The first kappa shape index (κ1) is 23.8. The molecule has 1 saturated heterocycles. The number of hydrogen-bond acceptors (Lipinski definition) is 6. The highest BCUT2D eigenvalue weighted by Crippen LogP contribution is 2.29. The predicted molar refractivity (Wildman–Crippen MR) is 122 cm³/mol. The number of benzene rings is 2. The number of nitro benzene ring substituents is 1. The van der Waals surface area contributed by atoms with Crippen molar-refractivity contribution < 1.29 is 19.2 Å². The van der Waals surface area contributed by atoms with E-state index in [0.29, 0.717) is 47.5 Å². The lowest BCUT2D eigenvalue weighted by Gasteiger charge is -2.37. The lowest BCUT2D eigenvalue weighted by Crippen LogP contribution is -2.54. The summed E-state index contributed by atoms with van der Waals surface area (Å²) in [6, 6.07) is 8.42. The zero-order chi connectivity index (χ0) is 23.4. The van der Waals surface area contributed by atoms with Crippen molar-refractivity contribution >= 4 is 46.4 Å². The Morgan fingerprint density at radius 1 is 1.12 bits per heavy atom. The fraction of sp³-hybridized carbons (Fsp3) is 0.333. The van der Waals surface area contributed by atoms with Gasteiger partial charge in [-0.15, -0.1) is 0 Å². The summed E-state index contributed by atoms with van der Waals surface area (Å²) in [5, 5.41) is 14.7. The van der Waals surface area contributed by atoms with Crippen molar-refractivity contribution in [2.45, 2.75) is 13.0 Å². The van der Waals surface area contributed by atoms with Gasteiger partial charge in [0.25, 0.3) is 11.6 Å². The molecule has 0 spiro atoms. The van der Waals surface area contributed by atoms with Gasteiger partial charge in [0.1, 0.15) is 11.4 Å². The Balaban J connectivity index is 1.61. The molecular formula is C21H22Cl2N4O5. The first-order valence-electron chi connectivity index (χ1n) is 9.83. The van der Waals surface area contributed by atoms with Gasteiger partial charge < -0.3 is 15.0 Å². The van der Waals surface area contributed by atoms with E-state index in [1.54, 1.807) is 30.0 Å². The van der Waals surface area contributed by atoms with E-state index >= 15 is 0 Å².